The fourth-order valence-corrected chi connectivity index (χ4v) is 7.96. The quantitative estimate of drug-likeness (QED) is 0.398. The van der Waals surface area contributed by atoms with Crippen LogP contribution in [0.4, 0.5) is 0 Å². The third kappa shape index (κ3) is 2.50. The Bertz CT molecular complexity index is 829. The van der Waals surface area contributed by atoms with Gasteiger partial charge in [-0.3, -0.25) is 4.79 Å². The summed E-state index contributed by atoms with van der Waals surface area (Å²) >= 11 is 0. The van der Waals surface area contributed by atoms with Gasteiger partial charge >= 0.3 is 11.9 Å². The van der Waals surface area contributed by atoms with E-state index in [4.69, 9.17) is 4.74 Å². The van der Waals surface area contributed by atoms with Gasteiger partial charge in [-0.05, 0) is 84.0 Å². The van der Waals surface area contributed by atoms with Gasteiger partial charge in [0.15, 0.2) is 0 Å². The van der Waals surface area contributed by atoms with E-state index in [1.807, 2.05) is 0 Å². The smallest absolute Gasteiger partial charge is 0.333 e. The molecule has 5 nitrogen and oxygen atoms in total. The zero-order valence-electron chi connectivity index (χ0n) is 18.8. The van der Waals surface area contributed by atoms with Crippen molar-refractivity contribution >= 4 is 11.9 Å². The number of carboxylic acid groups (broad SMARTS) is 1. The molecule has 0 heterocycles. The average molecular weight is 417 g/mol. The number of aliphatic carboxylic acids is 1. The monoisotopic (exact) mass is 416 g/mol. The summed E-state index contributed by atoms with van der Waals surface area (Å²) < 4.78 is 5.78. The minimum Gasteiger partial charge on any atom is -0.481 e. The Morgan fingerprint density at radius 3 is 2.50 bits per heavy atom. The van der Waals surface area contributed by atoms with Crippen LogP contribution in [0, 0.1) is 28.1 Å². The zero-order chi connectivity index (χ0) is 22.1. The van der Waals surface area contributed by atoms with Crippen LogP contribution in [0.5, 0.6) is 0 Å². The molecule has 0 aromatic carbocycles. The maximum Gasteiger partial charge on any atom is 0.333 e. The Kier molecular flexibility index (Phi) is 4.82. The maximum atomic E-state index is 12.7. The van der Waals surface area contributed by atoms with E-state index < -0.39 is 34.5 Å². The number of carboxylic acids is 1. The van der Waals surface area contributed by atoms with E-state index in [0.29, 0.717) is 30.8 Å². The fraction of sp³-hybridized carbons (Fsp3) is 0.760. The fourth-order valence-electron chi connectivity index (χ4n) is 7.96. The van der Waals surface area contributed by atoms with Gasteiger partial charge in [0.2, 0.25) is 0 Å². The van der Waals surface area contributed by atoms with Crippen LogP contribution in [-0.2, 0) is 14.3 Å². The highest BCUT2D eigenvalue weighted by molar-refractivity contribution is 5.88. The van der Waals surface area contributed by atoms with Gasteiger partial charge in [-0.15, -0.1) is 0 Å². The Hall–Kier alpha value is -1.62. The van der Waals surface area contributed by atoms with Gasteiger partial charge in [0.25, 0.3) is 0 Å². The van der Waals surface area contributed by atoms with E-state index >= 15 is 0 Å². The summed E-state index contributed by atoms with van der Waals surface area (Å²) in [6, 6.07) is 0. The summed E-state index contributed by atoms with van der Waals surface area (Å²) in [6.45, 7) is 11.6. The van der Waals surface area contributed by atoms with Gasteiger partial charge in [-0.2, -0.15) is 0 Å². The molecule has 4 saturated carbocycles. The maximum absolute atomic E-state index is 12.7. The predicted molar refractivity (Wildman–Crippen MR) is 114 cm³/mol. The molecule has 0 saturated heterocycles. The predicted octanol–water partition coefficient (Wildman–Crippen LogP) is 4.64. The lowest BCUT2D eigenvalue weighted by atomic mass is 9.38. The summed E-state index contributed by atoms with van der Waals surface area (Å²) in [5, 5.41) is 22.7. The van der Waals surface area contributed by atoms with Gasteiger partial charge in [-0.1, -0.05) is 25.2 Å². The van der Waals surface area contributed by atoms with Crippen molar-refractivity contribution in [2.45, 2.75) is 90.8 Å². The minimum atomic E-state index is -1.22. The van der Waals surface area contributed by atoms with E-state index in [2.05, 4.69) is 13.5 Å². The Labute approximate surface area is 179 Å². The second-order valence-electron chi connectivity index (χ2n) is 10.9. The van der Waals surface area contributed by atoms with Gasteiger partial charge in [0, 0.05) is 16.4 Å². The third-order valence-corrected chi connectivity index (χ3v) is 9.92. The van der Waals surface area contributed by atoms with E-state index in [1.54, 1.807) is 26.8 Å². The molecule has 166 valence electrons. The van der Waals surface area contributed by atoms with Crippen LogP contribution in [-0.4, -0.2) is 33.9 Å². The number of aliphatic hydroxyl groups is 1. The van der Waals surface area contributed by atoms with Crippen LogP contribution in [0.25, 0.3) is 0 Å². The lowest BCUT2D eigenvalue weighted by molar-refractivity contribution is -0.276. The number of hydrogen-bond acceptors (Lipinski definition) is 4. The van der Waals surface area contributed by atoms with Gasteiger partial charge in [-0.25, -0.2) is 4.79 Å². The van der Waals surface area contributed by atoms with Crippen LogP contribution in [0.1, 0.15) is 79.1 Å². The van der Waals surface area contributed by atoms with Gasteiger partial charge < -0.3 is 14.9 Å². The molecule has 1 spiro atoms. The molecule has 0 aromatic heterocycles. The van der Waals surface area contributed by atoms with E-state index in [1.165, 1.54) is 5.57 Å². The molecule has 0 aromatic rings. The molecule has 7 atom stereocenters. The van der Waals surface area contributed by atoms with Crippen LogP contribution in [0.3, 0.4) is 0 Å². The molecule has 0 aliphatic heterocycles. The van der Waals surface area contributed by atoms with E-state index in [0.717, 1.165) is 32.1 Å². The first-order valence-corrected chi connectivity index (χ1v) is 11.4. The zero-order valence-corrected chi connectivity index (χ0v) is 18.8. The molecule has 0 amide bonds. The molecular formula is C25H36O5. The SMILES string of the molecule is C=C1CC23CCC4C(C)(C(=O)O)C(OC(=O)C(C)=CC)CCC4(C)C2(O)CCC1C3. The van der Waals surface area contributed by atoms with Crippen molar-refractivity contribution in [2.24, 2.45) is 28.1 Å². The first kappa shape index (κ1) is 21.6. The van der Waals surface area contributed by atoms with E-state index in [-0.39, 0.29) is 11.3 Å². The Morgan fingerprint density at radius 2 is 1.87 bits per heavy atom. The largest absolute Gasteiger partial charge is 0.481 e. The van der Waals surface area contributed by atoms with Crippen molar-refractivity contribution in [2.75, 3.05) is 0 Å². The standard InChI is InChI=1S/C25H36O5/c1-6-15(2)20(26)30-19-9-10-22(4)18(23(19,5)21(27)28)8-11-24-13-16(3)17(14-24)7-12-25(22,24)29/h6,17-19,29H,3,7-14H2,1-2,4-5H3,(H,27,28). The number of carbonyl (C=O) groups excluding carboxylic acids is 1. The number of allylic oxidation sites excluding steroid dienone is 2. The minimum absolute atomic E-state index is 0.178. The second kappa shape index (κ2) is 6.69. The lowest BCUT2D eigenvalue weighted by Gasteiger charge is -2.68. The van der Waals surface area contributed by atoms with Gasteiger partial charge in [0.1, 0.15) is 11.5 Å². The number of hydrogen-bond donors (Lipinski definition) is 2. The van der Waals surface area contributed by atoms with Crippen molar-refractivity contribution in [3.8, 4) is 0 Å². The van der Waals surface area contributed by atoms with Crippen molar-refractivity contribution < 1.29 is 24.5 Å². The highest BCUT2D eigenvalue weighted by atomic mass is 16.5. The summed E-state index contributed by atoms with van der Waals surface area (Å²) in [5.41, 5.74) is -1.07. The number of fused-ring (bicyclic) bond motifs is 3. The number of ether oxygens (including phenoxy) is 1. The lowest BCUT2D eigenvalue weighted by Crippen LogP contribution is -2.71. The second-order valence-corrected chi connectivity index (χ2v) is 10.9. The summed E-state index contributed by atoms with van der Waals surface area (Å²) in [5.74, 6) is -1.13. The number of carbonyl (C=O) groups is 2. The molecule has 5 heteroatoms. The Morgan fingerprint density at radius 1 is 1.17 bits per heavy atom. The normalized spacial score (nSPS) is 48.0. The molecule has 4 aliphatic carbocycles. The molecule has 7 unspecified atom stereocenters. The van der Waals surface area contributed by atoms with Crippen molar-refractivity contribution in [1.29, 1.82) is 0 Å². The summed E-state index contributed by atoms with van der Waals surface area (Å²) in [4.78, 5) is 25.2. The number of rotatable bonds is 3. The Balaban J connectivity index is 1.73. The highest BCUT2D eigenvalue weighted by Gasteiger charge is 2.74. The van der Waals surface area contributed by atoms with Crippen molar-refractivity contribution in [1.82, 2.24) is 0 Å². The van der Waals surface area contributed by atoms with Crippen LogP contribution in [0.2, 0.25) is 0 Å². The topological polar surface area (TPSA) is 83.8 Å². The van der Waals surface area contributed by atoms with Crippen molar-refractivity contribution in [3.63, 3.8) is 0 Å². The molecule has 2 bridgehead atoms. The molecule has 0 radical (unpaired) electrons. The summed E-state index contributed by atoms with van der Waals surface area (Å²) in [6.07, 6.45) is 7.16. The highest BCUT2D eigenvalue weighted by Crippen LogP contribution is 2.74. The molecule has 4 fully saturated rings. The molecule has 30 heavy (non-hydrogen) atoms. The van der Waals surface area contributed by atoms with Crippen LogP contribution < -0.4 is 0 Å². The average Bonchev–Trinajstić information content (AvgIpc) is 2.97. The molecule has 2 N–H and O–H groups in total. The van der Waals surface area contributed by atoms with Crippen LogP contribution in [0.15, 0.2) is 23.8 Å². The van der Waals surface area contributed by atoms with Crippen LogP contribution >= 0.6 is 0 Å². The number of esters is 1. The van der Waals surface area contributed by atoms with E-state index in [9.17, 15) is 19.8 Å². The first-order chi connectivity index (χ1) is 13.9. The molecule has 4 aliphatic rings. The third-order valence-electron chi connectivity index (χ3n) is 9.92. The summed E-state index contributed by atoms with van der Waals surface area (Å²) in [7, 11) is 0. The molecule has 4 rings (SSSR count). The molecular weight excluding hydrogens is 380 g/mol. The van der Waals surface area contributed by atoms with Gasteiger partial charge in [0.05, 0.1) is 5.60 Å². The van der Waals surface area contributed by atoms with Crippen molar-refractivity contribution in [3.05, 3.63) is 23.8 Å². The first-order valence-electron chi connectivity index (χ1n) is 11.4.